The second-order valence-corrected chi connectivity index (χ2v) is 7.97. The molecule has 0 fully saturated rings. The minimum atomic E-state index is -1.48. The molecule has 0 rings (SSSR count). The number of esters is 5. The van der Waals surface area contributed by atoms with Gasteiger partial charge in [-0.3, -0.25) is 24.0 Å². The van der Waals surface area contributed by atoms with E-state index >= 15 is 0 Å². The van der Waals surface area contributed by atoms with Crippen LogP contribution in [0.4, 0.5) is 0 Å². The van der Waals surface area contributed by atoms with Crippen LogP contribution in [0.15, 0.2) is 0 Å². The van der Waals surface area contributed by atoms with Crippen molar-refractivity contribution in [3.8, 4) is 0 Å². The second-order valence-electron chi connectivity index (χ2n) is 7.97. The van der Waals surface area contributed by atoms with Gasteiger partial charge in [0.15, 0.2) is 24.4 Å². The summed E-state index contributed by atoms with van der Waals surface area (Å²) in [6.45, 7) is 10.5. The van der Waals surface area contributed by atoms with Crippen molar-refractivity contribution in [2.75, 3.05) is 13.2 Å². The molecule has 2 radical (unpaired) electrons. The van der Waals surface area contributed by atoms with Crippen molar-refractivity contribution in [3.63, 3.8) is 0 Å². The van der Waals surface area contributed by atoms with Crippen molar-refractivity contribution in [2.45, 2.75) is 104 Å². The lowest BCUT2D eigenvalue weighted by Gasteiger charge is -2.35. The van der Waals surface area contributed by atoms with E-state index in [1.165, 1.54) is 6.42 Å². The Morgan fingerprint density at radius 1 is 0.657 bits per heavy atom. The number of carbonyl (C=O) groups is 5. The SMILES string of the molecule is CCCCCCCCN[C][C@H](OC(C)=O)[C@@H](OC(C)=O)[C@@H](OC(C)=O)[C@@H](COC(C)=O)OC(C)=O. The van der Waals surface area contributed by atoms with Crippen LogP contribution in [0.3, 0.4) is 0 Å². The highest BCUT2D eigenvalue weighted by Crippen LogP contribution is 2.21. The number of hydrogen-bond donors (Lipinski definition) is 1. The van der Waals surface area contributed by atoms with Crippen molar-refractivity contribution >= 4 is 29.8 Å². The van der Waals surface area contributed by atoms with Crippen LogP contribution in [-0.2, 0) is 47.7 Å². The van der Waals surface area contributed by atoms with Gasteiger partial charge in [-0.25, -0.2) is 0 Å². The summed E-state index contributed by atoms with van der Waals surface area (Å²) >= 11 is 0. The molecular weight excluding hydrogens is 462 g/mol. The van der Waals surface area contributed by atoms with E-state index in [2.05, 4.69) is 18.8 Å². The summed E-state index contributed by atoms with van der Waals surface area (Å²) in [5, 5.41) is 2.92. The van der Waals surface area contributed by atoms with Crippen molar-refractivity contribution in [3.05, 3.63) is 6.54 Å². The molecule has 0 aliphatic rings. The summed E-state index contributed by atoms with van der Waals surface area (Å²) in [5.74, 6) is -3.74. The number of carbonyl (C=O) groups excluding carboxylic acids is 5. The average molecular weight is 502 g/mol. The van der Waals surface area contributed by atoms with Crippen molar-refractivity contribution < 1.29 is 47.7 Å². The lowest BCUT2D eigenvalue weighted by Crippen LogP contribution is -2.54. The Morgan fingerprint density at radius 2 is 1.17 bits per heavy atom. The fourth-order valence-corrected chi connectivity index (χ4v) is 3.17. The summed E-state index contributed by atoms with van der Waals surface area (Å²) in [4.78, 5) is 58.6. The molecule has 0 amide bonds. The fourth-order valence-electron chi connectivity index (χ4n) is 3.17. The van der Waals surface area contributed by atoms with Gasteiger partial charge in [-0.1, -0.05) is 39.0 Å². The first kappa shape index (κ1) is 32.3. The van der Waals surface area contributed by atoms with Crippen LogP contribution in [0, 0.1) is 6.54 Å². The molecule has 0 saturated heterocycles. The summed E-state index contributed by atoms with van der Waals surface area (Å²) in [7, 11) is 0. The van der Waals surface area contributed by atoms with Crippen LogP contribution in [0.5, 0.6) is 0 Å². The first-order chi connectivity index (χ1) is 16.5. The number of unbranched alkanes of at least 4 members (excludes halogenated alkanes) is 5. The molecular formula is C24H39NO10. The zero-order valence-electron chi connectivity index (χ0n) is 21.5. The summed E-state index contributed by atoms with van der Waals surface area (Å²) in [5.41, 5.74) is 0. The van der Waals surface area contributed by atoms with Gasteiger partial charge in [0.25, 0.3) is 0 Å². The monoisotopic (exact) mass is 501 g/mol. The number of ether oxygens (including phenoxy) is 5. The smallest absolute Gasteiger partial charge is 0.303 e. The minimum absolute atomic E-state index is 0.497. The van der Waals surface area contributed by atoms with E-state index in [1.54, 1.807) is 0 Å². The number of nitrogens with one attached hydrogen (secondary N) is 1. The Hall–Kier alpha value is -2.69. The van der Waals surface area contributed by atoms with Crippen LogP contribution in [0.1, 0.15) is 80.1 Å². The molecule has 11 nitrogen and oxygen atoms in total. The van der Waals surface area contributed by atoms with E-state index in [0.717, 1.165) is 66.7 Å². The van der Waals surface area contributed by atoms with Crippen LogP contribution < -0.4 is 5.32 Å². The molecule has 0 aromatic heterocycles. The van der Waals surface area contributed by atoms with E-state index in [1.807, 2.05) is 0 Å². The van der Waals surface area contributed by atoms with Gasteiger partial charge >= 0.3 is 29.8 Å². The van der Waals surface area contributed by atoms with Gasteiger partial charge in [0, 0.05) is 34.6 Å². The van der Waals surface area contributed by atoms with E-state index in [-0.39, 0.29) is 0 Å². The molecule has 0 bridgehead atoms. The first-order valence-corrected chi connectivity index (χ1v) is 11.8. The van der Waals surface area contributed by atoms with Gasteiger partial charge in [0.2, 0.25) is 0 Å². The quantitative estimate of drug-likeness (QED) is 0.128. The summed E-state index contributed by atoms with van der Waals surface area (Å²) in [6.07, 6.45) is 0.760. The average Bonchev–Trinajstić information content (AvgIpc) is 2.73. The van der Waals surface area contributed by atoms with Crippen LogP contribution >= 0.6 is 0 Å². The van der Waals surface area contributed by atoms with E-state index in [9.17, 15) is 24.0 Å². The standard InChI is InChI=1S/C24H39NO10/c1-7-8-9-10-11-12-13-25-14-21(32-17(3)27)23(34-19(5)29)24(35-20(6)30)22(33-18(4)28)15-31-16(2)26/h21-25H,7-13,15H2,1-6H3/t21-,22+,23+,24-/m0/s1. The van der Waals surface area contributed by atoms with Crippen molar-refractivity contribution in [1.82, 2.24) is 5.32 Å². The minimum Gasteiger partial charge on any atom is -0.462 e. The third-order valence-corrected chi connectivity index (χ3v) is 4.55. The third-order valence-electron chi connectivity index (χ3n) is 4.55. The third kappa shape index (κ3) is 16.6. The molecule has 0 aliphatic carbocycles. The fraction of sp³-hybridized carbons (Fsp3) is 0.750. The Balaban J connectivity index is 5.73. The molecule has 4 atom stereocenters. The predicted molar refractivity (Wildman–Crippen MR) is 123 cm³/mol. The molecule has 0 heterocycles. The maximum atomic E-state index is 11.9. The first-order valence-electron chi connectivity index (χ1n) is 11.8. The van der Waals surface area contributed by atoms with Crippen molar-refractivity contribution in [2.24, 2.45) is 0 Å². The van der Waals surface area contributed by atoms with Gasteiger partial charge in [-0.2, -0.15) is 0 Å². The summed E-state index contributed by atoms with van der Waals surface area (Å²) in [6, 6.07) is 0. The van der Waals surface area contributed by atoms with Crippen LogP contribution in [0.2, 0.25) is 0 Å². The maximum absolute atomic E-state index is 11.9. The second kappa shape index (κ2) is 18.6. The molecule has 0 unspecified atom stereocenters. The van der Waals surface area contributed by atoms with Gasteiger partial charge < -0.3 is 29.0 Å². The summed E-state index contributed by atoms with van der Waals surface area (Å²) < 4.78 is 26.1. The molecule has 11 heteroatoms. The van der Waals surface area contributed by atoms with Crippen LogP contribution in [0.25, 0.3) is 0 Å². The Kier molecular flexibility index (Phi) is 17.2. The highest BCUT2D eigenvalue weighted by atomic mass is 16.6. The van der Waals surface area contributed by atoms with Gasteiger partial charge in [0.1, 0.15) is 13.2 Å². The van der Waals surface area contributed by atoms with Gasteiger partial charge in [-0.15, -0.1) is 0 Å². The topological polar surface area (TPSA) is 144 Å². The molecule has 0 aromatic carbocycles. The van der Waals surface area contributed by atoms with Crippen molar-refractivity contribution in [1.29, 1.82) is 0 Å². The molecule has 1 N–H and O–H groups in total. The largest absolute Gasteiger partial charge is 0.462 e. The van der Waals surface area contributed by atoms with Gasteiger partial charge in [0.05, 0.1) is 0 Å². The molecule has 0 spiro atoms. The molecule has 0 saturated carbocycles. The Labute approximate surface area is 207 Å². The predicted octanol–water partition coefficient (Wildman–Crippen LogP) is 2.27. The van der Waals surface area contributed by atoms with E-state index < -0.39 is 60.9 Å². The zero-order valence-corrected chi connectivity index (χ0v) is 21.5. The number of rotatable bonds is 18. The zero-order chi connectivity index (χ0) is 26.8. The highest BCUT2D eigenvalue weighted by molar-refractivity contribution is 5.69. The number of hydrogen-bond acceptors (Lipinski definition) is 11. The Bertz CT molecular complexity index is 681. The molecule has 200 valence electrons. The van der Waals surface area contributed by atoms with E-state index in [4.69, 9.17) is 23.7 Å². The molecule has 35 heavy (non-hydrogen) atoms. The lowest BCUT2D eigenvalue weighted by molar-refractivity contribution is -0.200. The normalized spacial score (nSPS) is 14.1. The highest BCUT2D eigenvalue weighted by Gasteiger charge is 2.44. The molecule has 0 aromatic rings. The molecule has 0 aliphatic heterocycles. The maximum Gasteiger partial charge on any atom is 0.303 e. The van der Waals surface area contributed by atoms with Crippen LogP contribution in [-0.4, -0.2) is 67.4 Å². The lowest BCUT2D eigenvalue weighted by atomic mass is 10.0. The Morgan fingerprint density at radius 3 is 1.69 bits per heavy atom. The van der Waals surface area contributed by atoms with E-state index in [0.29, 0.717) is 6.54 Å². The van der Waals surface area contributed by atoms with Gasteiger partial charge in [-0.05, 0) is 13.0 Å².